The fraction of sp³-hybridized carbons (Fsp3) is 0.677. The molecule has 0 radical (unpaired) electrons. The largest absolute Gasteiger partial charge is 0.493 e. The molecule has 202 valence electrons. The Morgan fingerprint density at radius 1 is 0.583 bits per heavy atom. The standard InChI is InChI=1S/C31H49FN2O2/c1-3-5-7-9-11-12-13-15-17-18-22-35-27-20-21-29(30(32)24-27)31-33-25-28(26-34-31)36-23-19-16-14-10-8-6-4-2/h20-21,24-26H,3-19,22-23H2,1-2H3. The van der Waals surface area contributed by atoms with E-state index in [2.05, 4.69) is 23.8 Å². The maximum Gasteiger partial charge on any atom is 0.162 e. The molecule has 36 heavy (non-hydrogen) atoms. The van der Waals surface area contributed by atoms with E-state index in [-0.39, 0.29) is 5.82 Å². The van der Waals surface area contributed by atoms with E-state index in [4.69, 9.17) is 9.47 Å². The lowest BCUT2D eigenvalue weighted by atomic mass is 10.1. The first kappa shape index (κ1) is 30.1. The van der Waals surface area contributed by atoms with Crippen molar-refractivity contribution in [3.05, 3.63) is 36.4 Å². The molecular formula is C31H49FN2O2. The van der Waals surface area contributed by atoms with Gasteiger partial charge in [0.1, 0.15) is 11.6 Å². The van der Waals surface area contributed by atoms with E-state index >= 15 is 0 Å². The number of aromatic nitrogens is 2. The van der Waals surface area contributed by atoms with Gasteiger partial charge in [-0.2, -0.15) is 0 Å². The molecule has 0 amide bonds. The van der Waals surface area contributed by atoms with E-state index in [0.29, 0.717) is 36.1 Å². The molecule has 0 unspecified atom stereocenters. The molecule has 0 spiro atoms. The van der Waals surface area contributed by atoms with Crippen molar-refractivity contribution in [2.45, 2.75) is 123 Å². The zero-order valence-corrected chi connectivity index (χ0v) is 22.9. The molecule has 0 aliphatic rings. The zero-order chi connectivity index (χ0) is 25.7. The fourth-order valence-electron chi connectivity index (χ4n) is 4.33. The second-order valence-electron chi connectivity index (χ2n) is 9.88. The third-order valence-corrected chi connectivity index (χ3v) is 6.59. The molecule has 0 N–H and O–H groups in total. The van der Waals surface area contributed by atoms with Gasteiger partial charge in [-0.05, 0) is 25.0 Å². The summed E-state index contributed by atoms with van der Waals surface area (Å²) in [6.07, 6.45) is 24.8. The van der Waals surface area contributed by atoms with Crippen molar-refractivity contribution in [3.8, 4) is 22.9 Å². The van der Waals surface area contributed by atoms with Crippen molar-refractivity contribution >= 4 is 0 Å². The molecule has 4 nitrogen and oxygen atoms in total. The maximum absolute atomic E-state index is 14.7. The third kappa shape index (κ3) is 13.2. The minimum absolute atomic E-state index is 0.358. The number of ether oxygens (including phenoxy) is 2. The van der Waals surface area contributed by atoms with Crippen LogP contribution in [0.3, 0.4) is 0 Å². The van der Waals surface area contributed by atoms with Crippen molar-refractivity contribution in [1.82, 2.24) is 9.97 Å². The molecule has 1 aromatic heterocycles. The first-order valence-corrected chi connectivity index (χ1v) is 14.6. The Hall–Kier alpha value is -2.17. The number of halogens is 1. The second-order valence-corrected chi connectivity index (χ2v) is 9.88. The van der Waals surface area contributed by atoms with Crippen LogP contribution in [0.5, 0.6) is 11.5 Å². The minimum atomic E-state index is -0.368. The molecule has 0 fully saturated rings. The summed E-state index contributed by atoms with van der Waals surface area (Å²) in [4.78, 5) is 8.61. The third-order valence-electron chi connectivity index (χ3n) is 6.59. The molecule has 0 atom stereocenters. The van der Waals surface area contributed by atoms with Crippen LogP contribution in [-0.4, -0.2) is 23.2 Å². The van der Waals surface area contributed by atoms with Crippen LogP contribution in [0.25, 0.3) is 11.4 Å². The topological polar surface area (TPSA) is 44.2 Å². The minimum Gasteiger partial charge on any atom is -0.493 e. The summed E-state index contributed by atoms with van der Waals surface area (Å²) in [6.45, 7) is 5.78. The molecule has 1 aromatic carbocycles. The Morgan fingerprint density at radius 2 is 1.03 bits per heavy atom. The lowest BCUT2D eigenvalue weighted by Crippen LogP contribution is -2.00. The quantitative estimate of drug-likeness (QED) is 0.151. The van der Waals surface area contributed by atoms with Gasteiger partial charge in [0.25, 0.3) is 0 Å². The molecule has 2 aromatic rings. The van der Waals surface area contributed by atoms with E-state index in [1.165, 1.54) is 96.0 Å². The van der Waals surface area contributed by atoms with Crippen LogP contribution in [0.1, 0.15) is 123 Å². The van der Waals surface area contributed by atoms with E-state index < -0.39 is 0 Å². The van der Waals surface area contributed by atoms with Gasteiger partial charge in [-0.1, -0.05) is 110 Å². The number of unbranched alkanes of at least 4 members (excludes halogenated alkanes) is 15. The van der Waals surface area contributed by atoms with Gasteiger partial charge in [0.2, 0.25) is 0 Å². The van der Waals surface area contributed by atoms with Gasteiger partial charge in [-0.25, -0.2) is 14.4 Å². The van der Waals surface area contributed by atoms with Gasteiger partial charge in [-0.3, -0.25) is 0 Å². The van der Waals surface area contributed by atoms with Crippen LogP contribution in [0.2, 0.25) is 0 Å². The summed E-state index contributed by atoms with van der Waals surface area (Å²) >= 11 is 0. The van der Waals surface area contributed by atoms with Crippen LogP contribution in [0.15, 0.2) is 30.6 Å². The van der Waals surface area contributed by atoms with Gasteiger partial charge in [-0.15, -0.1) is 0 Å². The Balaban J connectivity index is 1.61. The van der Waals surface area contributed by atoms with Crippen molar-refractivity contribution < 1.29 is 13.9 Å². The van der Waals surface area contributed by atoms with Crippen molar-refractivity contribution in [2.24, 2.45) is 0 Å². The molecule has 0 aliphatic carbocycles. The van der Waals surface area contributed by atoms with Crippen LogP contribution in [0.4, 0.5) is 4.39 Å². The van der Waals surface area contributed by atoms with E-state index in [0.717, 1.165) is 19.3 Å². The van der Waals surface area contributed by atoms with Gasteiger partial charge in [0, 0.05) is 6.07 Å². The number of benzene rings is 1. The smallest absolute Gasteiger partial charge is 0.162 e. The second kappa shape index (κ2) is 20.0. The van der Waals surface area contributed by atoms with Crippen LogP contribution in [-0.2, 0) is 0 Å². The molecule has 0 aliphatic heterocycles. The number of hydrogen-bond donors (Lipinski definition) is 0. The highest BCUT2D eigenvalue weighted by atomic mass is 19.1. The predicted octanol–water partition coefficient (Wildman–Crippen LogP) is 9.71. The molecule has 1 heterocycles. The lowest BCUT2D eigenvalue weighted by Gasteiger charge is -2.09. The fourth-order valence-corrected chi connectivity index (χ4v) is 4.33. The van der Waals surface area contributed by atoms with E-state index in [1.54, 1.807) is 24.5 Å². The van der Waals surface area contributed by atoms with E-state index in [9.17, 15) is 4.39 Å². The Kier molecular flexibility index (Phi) is 16.7. The normalized spacial score (nSPS) is 11.1. The highest BCUT2D eigenvalue weighted by molar-refractivity contribution is 5.57. The highest BCUT2D eigenvalue weighted by Gasteiger charge is 2.10. The van der Waals surface area contributed by atoms with Gasteiger partial charge in [0.15, 0.2) is 11.6 Å². The average Bonchev–Trinajstić information content (AvgIpc) is 2.89. The zero-order valence-electron chi connectivity index (χ0n) is 22.9. The SMILES string of the molecule is CCCCCCCCCCCCOc1ccc(-c2ncc(OCCCCCCCCC)cn2)c(F)c1. The lowest BCUT2D eigenvalue weighted by molar-refractivity contribution is 0.302. The van der Waals surface area contributed by atoms with E-state index in [1.807, 2.05) is 0 Å². The average molecular weight is 501 g/mol. The van der Waals surface area contributed by atoms with Crippen LogP contribution >= 0.6 is 0 Å². The van der Waals surface area contributed by atoms with Crippen molar-refractivity contribution in [3.63, 3.8) is 0 Å². The summed E-state index contributed by atoms with van der Waals surface area (Å²) in [7, 11) is 0. The Morgan fingerprint density at radius 3 is 1.50 bits per heavy atom. The van der Waals surface area contributed by atoms with Crippen molar-refractivity contribution in [2.75, 3.05) is 13.2 Å². The summed E-state index contributed by atoms with van der Waals surface area (Å²) < 4.78 is 26.2. The molecular weight excluding hydrogens is 451 g/mol. The Bertz CT molecular complexity index is 798. The highest BCUT2D eigenvalue weighted by Crippen LogP contribution is 2.25. The molecule has 2 rings (SSSR count). The summed E-state index contributed by atoms with van der Waals surface area (Å²) in [5, 5.41) is 0. The number of rotatable bonds is 22. The summed E-state index contributed by atoms with van der Waals surface area (Å²) in [5.41, 5.74) is 0.375. The molecule has 0 saturated heterocycles. The van der Waals surface area contributed by atoms with Gasteiger partial charge >= 0.3 is 0 Å². The molecule has 0 saturated carbocycles. The number of nitrogens with zero attached hydrogens (tertiary/aromatic N) is 2. The number of hydrogen-bond acceptors (Lipinski definition) is 4. The maximum atomic E-state index is 14.7. The summed E-state index contributed by atoms with van der Waals surface area (Å²) in [6, 6.07) is 4.92. The first-order valence-electron chi connectivity index (χ1n) is 14.6. The predicted molar refractivity (Wildman–Crippen MR) is 148 cm³/mol. The van der Waals surface area contributed by atoms with Crippen LogP contribution < -0.4 is 9.47 Å². The van der Waals surface area contributed by atoms with Gasteiger partial charge < -0.3 is 9.47 Å². The summed E-state index contributed by atoms with van der Waals surface area (Å²) in [5.74, 6) is 1.17. The van der Waals surface area contributed by atoms with Crippen molar-refractivity contribution in [1.29, 1.82) is 0 Å². The van der Waals surface area contributed by atoms with Gasteiger partial charge in [0.05, 0.1) is 31.2 Å². The molecule has 5 heteroatoms. The first-order chi connectivity index (χ1) is 17.7. The molecule has 0 bridgehead atoms. The Labute approximate surface area is 219 Å². The monoisotopic (exact) mass is 500 g/mol. The van der Waals surface area contributed by atoms with Crippen LogP contribution in [0, 0.1) is 5.82 Å².